The lowest BCUT2D eigenvalue weighted by Gasteiger charge is -2.08. The zero-order chi connectivity index (χ0) is 16.9. The third kappa shape index (κ3) is 4.61. The van der Waals surface area contributed by atoms with Crippen molar-refractivity contribution in [3.05, 3.63) is 65.5 Å². The van der Waals surface area contributed by atoms with Gasteiger partial charge in [-0.05, 0) is 35.9 Å². The Bertz CT molecular complexity index is 789. The standard InChI is InChI=1S/C16H17FN2O3S/c1-2-19-23(21,22)15-5-3-4-13(10-15)16(20)18-11-12-6-8-14(17)9-7-12/h3-10,19H,2,11H2,1H3,(H,18,20). The predicted octanol–water partition coefficient (Wildman–Crippen LogP) is 2.05. The normalized spacial score (nSPS) is 11.2. The fraction of sp³-hybridized carbons (Fsp3) is 0.188. The molecule has 5 nitrogen and oxygen atoms in total. The molecule has 0 aliphatic rings. The van der Waals surface area contributed by atoms with Crippen LogP contribution < -0.4 is 10.0 Å². The molecule has 7 heteroatoms. The van der Waals surface area contributed by atoms with Crippen molar-refractivity contribution >= 4 is 15.9 Å². The molecule has 0 atom stereocenters. The number of benzene rings is 2. The molecule has 0 aliphatic heterocycles. The van der Waals surface area contributed by atoms with Crippen molar-refractivity contribution in [3.63, 3.8) is 0 Å². The van der Waals surface area contributed by atoms with Gasteiger partial charge in [0.2, 0.25) is 10.0 Å². The maximum atomic E-state index is 12.8. The number of hydrogen-bond acceptors (Lipinski definition) is 3. The third-order valence-electron chi connectivity index (χ3n) is 3.11. The van der Waals surface area contributed by atoms with Gasteiger partial charge in [0.1, 0.15) is 5.82 Å². The van der Waals surface area contributed by atoms with Gasteiger partial charge in [-0.15, -0.1) is 0 Å². The fourth-order valence-electron chi connectivity index (χ4n) is 1.96. The molecule has 2 N–H and O–H groups in total. The number of carbonyl (C=O) groups is 1. The zero-order valence-electron chi connectivity index (χ0n) is 12.5. The van der Waals surface area contributed by atoms with Crippen LogP contribution in [0.2, 0.25) is 0 Å². The highest BCUT2D eigenvalue weighted by molar-refractivity contribution is 7.89. The highest BCUT2D eigenvalue weighted by atomic mass is 32.2. The Morgan fingerprint density at radius 2 is 1.83 bits per heavy atom. The van der Waals surface area contributed by atoms with Crippen molar-refractivity contribution in [1.82, 2.24) is 10.0 Å². The van der Waals surface area contributed by atoms with E-state index in [0.717, 1.165) is 5.56 Å². The number of hydrogen-bond donors (Lipinski definition) is 2. The minimum atomic E-state index is -3.61. The summed E-state index contributed by atoms with van der Waals surface area (Å²) in [6.45, 7) is 2.17. The van der Waals surface area contributed by atoms with E-state index in [1.807, 2.05) is 0 Å². The van der Waals surface area contributed by atoms with Crippen LogP contribution >= 0.6 is 0 Å². The van der Waals surface area contributed by atoms with E-state index in [4.69, 9.17) is 0 Å². The van der Waals surface area contributed by atoms with Gasteiger partial charge in [-0.25, -0.2) is 17.5 Å². The molecule has 2 aromatic carbocycles. The van der Waals surface area contributed by atoms with Crippen molar-refractivity contribution in [1.29, 1.82) is 0 Å². The number of amides is 1. The van der Waals surface area contributed by atoms with Crippen molar-refractivity contribution in [3.8, 4) is 0 Å². The van der Waals surface area contributed by atoms with Crippen LogP contribution in [0.15, 0.2) is 53.4 Å². The minimum Gasteiger partial charge on any atom is -0.348 e. The molecule has 0 saturated heterocycles. The number of rotatable bonds is 6. The molecule has 0 radical (unpaired) electrons. The van der Waals surface area contributed by atoms with Crippen LogP contribution in [0.25, 0.3) is 0 Å². The first-order chi connectivity index (χ1) is 10.9. The zero-order valence-corrected chi connectivity index (χ0v) is 13.4. The molecule has 0 bridgehead atoms. The van der Waals surface area contributed by atoms with Gasteiger partial charge >= 0.3 is 0 Å². The lowest BCUT2D eigenvalue weighted by molar-refractivity contribution is 0.0950. The molecule has 0 heterocycles. The van der Waals surface area contributed by atoms with Crippen LogP contribution in [0.1, 0.15) is 22.8 Å². The van der Waals surface area contributed by atoms with Crippen molar-refractivity contribution < 1.29 is 17.6 Å². The van der Waals surface area contributed by atoms with E-state index in [-0.39, 0.29) is 29.4 Å². The SMILES string of the molecule is CCNS(=O)(=O)c1cccc(C(=O)NCc2ccc(F)cc2)c1. The highest BCUT2D eigenvalue weighted by Crippen LogP contribution is 2.12. The summed E-state index contributed by atoms with van der Waals surface area (Å²) in [5.74, 6) is -0.746. The molecule has 0 spiro atoms. The molecule has 0 saturated carbocycles. The van der Waals surface area contributed by atoms with Gasteiger partial charge in [-0.3, -0.25) is 4.79 Å². The highest BCUT2D eigenvalue weighted by Gasteiger charge is 2.15. The second-order valence-corrected chi connectivity index (χ2v) is 6.61. The molecule has 2 aromatic rings. The van der Waals surface area contributed by atoms with Gasteiger partial charge in [0.05, 0.1) is 4.90 Å². The quantitative estimate of drug-likeness (QED) is 0.848. The Balaban J connectivity index is 2.09. The van der Waals surface area contributed by atoms with Crippen molar-refractivity contribution in [2.45, 2.75) is 18.4 Å². The van der Waals surface area contributed by atoms with E-state index in [0.29, 0.717) is 0 Å². The minimum absolute atomic E-state index is 0.0359. The first-order valence-corrected chi connectivity index (χ1v) is 8.53. The van der Waals surface area contributed by atoms with E-state index in [2.05, 4.69) is 10.0 Å². The molecule has 0 aromatic heterocycles. The number of carbonyl (C=O) groups excluding carboxylic acids is 1. The molecule has 0 fully saturated rings. The topological polar surface area (TPSA) is 75.3 Å². The Hall–Kier alpha value is -2.25. The summed E-state index contributed by atoms with van der Waals surface area (Å²) in [7, 11) is -3.61. The van der Waals surface area contributed by atoms with Gasteiger partial charge < -0.3 is 5.32 Å². The van der Waals surface area contributed by atoms with E-state index >= 15 is 0 Å². The monoisotopic (exact) mass is 336 g/mol. The summed E-state index contributed by atoms with van der Waals surface area (Å²) < 4.78 is 39.1. The molecule has 122 valence electrons. The summed E-state index contributed by atoms with van der Waals surface area (Å²) in [6, 6.07) is 11.5. The van der Waals surface area contributed by atoms with Crippen LogP contribution in [0.5, 0.6) is 0 Å². The number of halogens is 1. The number of sulfonamides is 1. The van der Waals surface area contributed by atoms with Crippen LogP contribution in [-0.4, -0.2) is 20.9 Å². The summed E-state index contributed by atoms with van der Waals surface area (Å²) in [4.78, 5) is 12.2. The van der Waals surface area contributed by atoms with Crippen molar-refractivity contribution in [2.24, 2.45) is 0 Å². The Morgan fingerprint density at radius 3 is 2.48 bits per heavy atom. The Morgan fingerprint density at radius 1 is 1.13 bits per heavy atom. The van der Waals surface area contributed by atoms with Gasteiger partial charge in [-0.2, -0.15) is 0 Å². The van der Waals surface area contributed by atoms with Crippen LogP contribution in [-0.2, 0) is 16.6 Å². The lowest BCUT2D eigenvalue weighted by Crippen LogP contribution is -2.25. The first-order valence-electron chi connectivity index (χ1n) is 7.05. The van der Waals surface area contributed by atoms with Crippen molar-refractivity contribution in [2.75, 3.05) is 6.54 Å². The van der Waals surface area contributed by atoms with E-state index in [9.17, 15) is 17.6 Å². The van der Waals surface area contributed by atoms with Gasteiger partial charge in [0.15, 0.2) is 0 Å². The molecule has 0 unspecified atom stereocenters. The number of nitrogens with one attached hydrogen (secondary N) is 2. The first kappa shape index (κ1) is 17.1. The van der Waals surface area contributed by atoms with E-state index in [1.54, 1.807) is 19.1 Å². The van der Waals surface area contributed by atoms with Crippen LogP contribution in [0, 0.1) is 5.82 Å². The summed E-state index contributed by atoms with van der Waals surface area (Å²) >= 11 is 0. The van der Waals surface area contributed by atoms with E-state index in [1.165, 1.54) is 36.4 Å². The molecule has 1 amide bonds. The van der Waals surface area contributed by atoms with Gasteiger partial charge in [0, 0.05) is 18.7 Å². The summed E-state index contributed by atoms with van der Waals surface area (Å²) in [5, 5.41) is 2.67. The summed E-state index contributed by atoms with van der Waals surface area (Å²) in [6.07, 6.45) is 0. The predicted molar refractivity (Wildman–Crippen MR) is 84.9 cm³/mol. The largest absolute Gasteiger partial charge is 0.348 e. The Labute approximate surface area is 134 Å². The molecule has 0 aliphatic carbocycles. The van der Waals surface area contributed by atoms with Gasteiger partial charge in [-0.1, -0.05) is 25.1 Å². The second kappa shape index (κ2) is 7.34. The molecular weight excluding hydrogens is 319 g/mol. The smallest absolute Gasteiger partial charge is 0.251 e. The maximum absolute atomic E-state index is 12.8. The van der Waals surface area contributed by atoms with E-state index < -0.39 is 15.9 Å². The van der Waals surface area contributed by atoms with Gasteiger partial charge in [0.25, 0.3) is 5.91 Å². The maximum Gasteiger partial charge on any atom is 0.251 e. The van der Waals surface area contributed by atoms with Crippen LogP contribution in [0.4, 0.5) is 4.39 Å². The third-order valence-corrected chi connectivity index (χ3v) is 4.65. The average molecular weight is 336 g/mol. The van der Waals surface area contributed by atoms with Crippen LogP contribution in [0.3, 0.4) is 0 Å². The fourth-order valence-corrected chi connectivity index (χ4v) is 3.05. The summed E-state index contributed by atoms with van der Waals surface area (Å²) in [5.41, 5.74) is 0.988. The Kier molecular flexibility index (Phi) is 5.46. The second-order valence-electron chi connectivity index (χ2n) is 4.84. The molecule has 2 rings (SSSR count). The molecular formula is C16H17FN2O3S. The lowest BCUT2D eigenvalue weighted by atomic mass is 10.2. The average Bonchev–Trinajstić information content (AvgIpc) is 2.54. The molecule has 23 heavy (non-hydrogen) atoms.